The van der Waals surface area contributed by atoms with E-state index < -0.39 is 56.7 Å². The Bertz CT molecular complexity index is 4200. The molecule has 0 amide bonds. The van der Waals surface area contributed by atoms with Crippen LogP contribution in [0.15, 0.2) is 168 Å². The standard InChI is InChI=1S/C81H92N4O9S.Na/c1-50-17-18-59-39-67-28-30-70(59)72(50)43-75(95(90,91)92)73-41-62-37-61(40-68-36-52(48-86)13-10-15-58-38-66(87)27-29-71(58)77(62)93-68)76(73)56-23-25-64(26-24-56)81(94-67,85-78(82)83)46-65(35-51-11-4-3-5-12-51)80(89)45-63(44-79(49-80)31-8-9-32-79)54-19-21-55(22-20-54)74(88)42-60-34-53(47-84-2)33-57-14-6-7-16-69(57)60;/h3-7,11-12,14,16,19-30,33-34,38-39,41,50,52,61,63,65,68,72-77,84,86-89H,8-9,13,17-18,31-32,35-37,40,42-49H2,1-2H3,(H4,82,83,85)(H,90,91,92);/q;+1/p-1/t50-,52+,61-,63+,65-,68-,72+,73-,74+,75-,76+,77-,80-,81-;/m1./s1. The molecule has 16 rings (SSSR count). The van der Waals surface area contributed by atoms with Crippen molar-refractivity contribution >= 4 is 26.9 Å². The van der Waals surface area contributed by atoms with E-state index in [0.717, 1.165) is 106 Å². The average molecular weight is 1320 g/mol. The fourth-order valence-corrected chi connectivity index (χ4v) is 20.1. The van der Waals surface area contributed by atoms with Gasteiger partial charge in [-0.3, -0.25) is 0 Å². The van der Waals surface area contributed by atoms with E-state index in [1.54, 1.807) is 12.1 Å². The molecule has 7 aromatic carbocycles. The minimum absolute atomic E-state index is 0. The van der Waals surface area contributed by atoms with E-state index in [1.165, 1.54) is 5.56 Å². The maximum absolute atomic E-state index is 14.5. The Balaban J connectivity index is 0.00000833. The number of aliphatic hydroxyl groups is 3. The molecule has 9 N–H and O–H groups in total. The molecule has 9 aliphatic rings. The first-order valence-electron chi connectivity index (χ1n) is 34.8. The van der Waals surface area contributed by atoms with Gasteiger partial charge in [0.25, 0.3) is 0 Å². The third-order valence-electron chi connectivity index (χ3n) is 23.4. The monoisotopic (exact) mass is 1320 g/mol. The van der Waals surface area contributed by atoms with E-state index in [-0.39, 0.29) is 102 Å². The van der Waals surface area contributed by atoms with Gasteiger partial charge >= 0.3 is 29.6 Å². The van der Waals surface area contributed by atoms with Gasteiger partial charge in [0.2, 0.25) is 5.72 Å². The second kappa shape index (κ2) is 28.1. The predicted octanol–water partition coefficient (Wildman–Crippen LogP) is 10.5. The van der Waals surface area contributed by atoms with Crippen LogP contribution in [0.5, 0.6) is 11.5 Å². The number of nitrogens with two attached hydrogens (primary N) is 2. The van der Waals surface area contributed by atoms with Crippen molar-refractivity contribution in [2.75, 3.05) is 13.7 Å². The first-order valence-corrected chi connectivity index (χ1v) is 36.3. The molecule has 0 aromatic heterocycles. The molecule has 96 heavy (non-hydrogen) atoms. The van der Waals surface area contributed by atoms with Gasteiger partial charge in [0.05, 0.1) is 33.2 Å². The summed E-state index contributed by atoms with van der Waals surface area (Å²) in [6.07, 6.45) is 11.2. The van der Waals surface area contributed by atoms with Crippen molar-refractivity contribution < 1.29 is 72.4 Å². The third-order valence-corrected chi connectivity index (χ3v) is 24.6. The number of allylic oxidation sites excluding steroid dienone is 1. The van der Waals surface area contributed by atoms with E-state index in [9.17, 15) is 33.4 Å². The molecule has 3 fully saturated rings. The van der Waals surface area contributed by atoms with Gasteiger partial charge in [0.15, 0.2) is 5.96 Å². The van der Waals surface area contributed by atoms with E-state index >= 15 is 0 Å². The van der Waals surface area contributed by atoms with Crippen LogP contribution in [-0.4, -0.2) is 70.0 Å². The Morgan fingerprint density at radius 3 is 2.34 bits per heavy atom. The number of phenols is 1. The van der Waals surface area contributed by atoms with Crippen molar-refractivity contribution in [3.8, 4) is 23.3 Å². The van der Waals surface area contributed by atoms with Crippen molar-refractivity contribution in [2.24, 2.45) is 51.5 Å². The Hall–Kier alpha value is -6.32. The fourth-order valence-electron chi connectivity index (χ4n) is 19.0. The van der Waals surface area contributed by atoms with Crippen LogP contribution >= 0.6 is 0 Å². The summed E-state index contributed by atoms with van der Waals surface area (Å²) < 4.78 is 58.3. The summed E-state index contributed by atoms with van der Waals surface area (Å²) >= 11 is 0. The van der Waals surface area contributed by atoms with E-state index in [4.69, 9.17) is 25.9 Å². The summed E-state index contributed by atoms with van der Waals surface area (Å²) in [5.74, 6) is 4.63. The number of aryl methyl sites for hydroxylation is 1. The van der Waals surface area contributed by atoms with Gasteiger partial charge in [-0.05, 0) is 228 Å². The Kier molecular flexibility index (Phi) is 20.0. The zero-order valence-corrected chi connectivity index (χ0v) is 58.5. The topological polar surface area (TPSA) is 233 Å². The number of phenolic OH excluding ortho intramolecular Hbond substituents is 1. The fraction of sp³-hybridized carbons (Fsp3) is 0.444. The number of hydrogen-bond acceptors (Lipinski definition) is 11. The van der Waals surface area contributed by atoms with Gasteiger partial charge in [-0.15, -0.1) is 0 Å². The van der Waals surface area contributed by atoms with E-state index in [0.29, 0.717) is 74.7 Å². The van der Waals surface area contributed by atoms with E-state index in [1.807, 2.05) is 49.5 Å². The molecule has 5 aliphatic heterocycles. The van der Waals surface area contributed by atoms with Crippen LogP contribution in [0.4, 0.5) is 0 Å². The summed E-state index contributed by atoms with van der Waals surface area (Å²) in [5, 5.41) is 52.2. The number of aromatic hydroxyl groups is 1. The van der Waals surface area contributed by atoms with Gasteiger partial charge in [-0.1, -0.05) is 159 Å². The smallest absolute Gasteiger partial charge is 0.748 e. The molecular weight excluding hydrogens is 1230 g/mol. The molecule has 496 valence electrons. The molecule has 4 aliphatic carbocycles. The molecule has 10 bridgehead atoms. The quantitative estimate of drug-likeness (QED) is 0.0135. The van der Waals surface area contributed by atoms with Crippen LogP contribution in [0.25, 0.3) is 10.8 Å². The number of benzene rings is 7. The van der Waals surface area contributed by atoms with E-state index in [2.05, 4.69) is 127 Å². The van der Waals surface area contributed by atoms with Crippen LogP contribution < -0.4 is 51.1 Å². The largest absolute Gasteiger partial charge is 1.00 e. The van der Waals surface area contributed by atoms with Crippen molar-refractivity contribution in [3.05, 3.63) is 225 Å². The summed E-state index contributed by atoms with van der Waals surface area (Å²) in [7, 11) is -3.03. The number of guanidine groups is 1. The SMILES string of the molecule is CNCc1cc(C[C@H](O)c2ccc([C@H]3CC4(CCCC4)C[C@@](O)([C@H](Cc4ccccc4)C[C@@]4(N=C(N)N)Oc5ccc6c(c5)CC[C@@H](C)[C@@H]6C[C@@H](S(=O)(=O)[O-])[C@H]5C=C6C[C@H](C[C@H]7C[C@@H](CO)CC#Cc8cc(O)ccc8[C@@H]6O7)[C@@H]5c5ccc4cc5)C3)cc2)c2ccccc2c1.[Na+]. The number of fused-ring (bicyclic) bond motifs is 9. The summed E-state index contributed by atoms with van der Waals surface area (Å²) in [4.78, 5) is 5.28. The molecule has 7 aromatic rings. The number of nitrogens with zero attached hydrogens (tertiary/aromatic N) is 1. The zero-order chi connectivity index (χ0) is 65.8. The minimum atomic E-state index is -4.98. The van der Waals surface area contributed by atoms with Gasteiger partial charge in [0.1, 0.15) is 17.6 Å². The summed E-state index contributed by atoms with van der Waals surface area (Å²) in [6.45, 7) is 2.80. The maximum Gasteiger partial charge on any atom is 1.00 e. The zero-order valence-electron chi connectivity index (χ0n) is 55.7. The molecule has 1 spiro atoms. The molecule has 0 unspecified atom stereocenters. The van der Waals surface area contributed by atoms with Crippen molar-refractivity contribution in [1.82, 2.24) is 5.32 Å². The van der Waals surface area contributed by atoms with Crippen LogP contribution in [0, 0.1) is 46.8 Å². The first kappa shape index (κ1) is 68.2. The first-order chi connectivity index (χ1) is 45.8. The molecule has 5 heterocycles. The van der Waals surface area contributed by atoms with Gasteiger partial charge in [0, 0.05) is 49.1 Å². The van der Waals surface area contributed by atoms with Crippen molar-refractivity contribution in [3.63, 3.8) is 0 Å². The molecule has 13 nitrogen and oxygen atoms in total. The molecular formula is C81H91N4NaO9S. The van der Waals surface area contributed by atoms with Gasteiger partial charge in [-0.2, -0.15) is 0 Å². The van der Waals surface area contributed by atoms with Crippen LogP contribution in [-0.2, 0) is 46.4 Å². The molecule has 1 saturated heterocycles. The second-order valence-corrected chi connectivity index (χ2v) is 31.2. The molecule has 14 atom stereocenters. The molecule has 0 radical (unpaired) electrons. The Morgan fingerprint density at radius 2 is 1.59 bits per heavy atom. The molecule has 2 saturated carbocycles. The van der Waals surface area contributed by atoms with Crippen molar-refractivity contribution in [2.45, 2.75) is 175 Å². The maximum atomic E-state index is 14.5. The normalized spacial score (nSPS) is 28.7. The molecule has 15 heteroatoms. The summed E-state index contributed by atoms with van der Waals surface area (Å²) in [5.41, 5.74) is 21.5. The number of aliphatic hydroxyl groups excluding tert-OH is 2. The minimum Gasteiger partial charge on any atom is -0.748 e. The number of aliphatic imine (C=N–C) groups is 1. The number of rotatable bonds is 14. The Labute approximate surface area is 588 Å². The third kappa shape index (κ3) is 14.0. The van der Waals surface area contributed by atoms with Gasteiger partial charge in [-0.25, -0.2) is 13.4 Å². The number of nitrogens with one attached hydrogen (secondary N) is 1. The second-order valence-electron chi connectivity index (χ2n) is 29.6. The number of ether oxygens (including phenoxy) is 2. The van der Waals surface area contributed by atoms with Crippen LogP contribution in [0.3, 0.4) is 0 Å². The van der Waals surface area contributed by atoms with Crippen LogP contribution in [0.1, 0.15) is 188 Å². The number of hydrogen-bond donors (Lipinski definition) is 7. The Morgan fingerprint density at radius 1 is 0.844 bits per heavy atom. The van der Waals surface area contributed by atoms with Gasteiger partial charge < -0.3 is 51.2 Å². The average Bonchev–Trinajstić information content (AvgIpc) is 1.29. The van der Waals surface area contributed by atoms with Crippen LogP contribution in [0.2, 0.25) is 0 Å². The van der Waals surface area contributed by atoms with Crippen molar-refractivity contribution in [1.29, 1.82) is 0 Å². The summed E-state index contributed by atoms with van der Waals surface area (Å²) in [6, 6.07) is 51.0. The predicted molar refractivity (Wildman–Crippen MR) is 371 cm³/mol.